The number of carboxylic acid groups (broad SMARTS) is 1. The molecule has 0 aromatic heterocycles. The molecule has 0 bridgehead atoms. The van der Waals surface area contributed by atoms with Gasteiger partial charge in [0.1, 0.15) is 11.3 Å². The second-order valence-electron chi connectivity index (χ2n) is 7.02. The number of anilines is 1. The number of carbonyl (C=O) groups is 2. The van der Waals surface area contributed by atoms with Crippen molar-refractivity contribution < 1.29 is 24.2 Å². The molecule has 6 heteroatoms. The van der Waals surface area contributed by atoms with Crippen molar-refractivity contribution in [2.75, 3.05) is 11.9 Å². The summed E-state index contributed by atoms with van der Waals surface area (Å²) in [6.45, 7) is 4.90. The van der Waals surface area contributed by atoms with E-state index >= 15 is 0 Å². The van der Waals surface area contributed by atoms with Crippen LogP contribution in [0.4, 0.5) is 5.69 Å². The fourth-order valence-electron chi connectivity index (χ4n) is 2.68. The van der Waals surface area contributed by atoms with Gasteiger partial charge in [-0.3, -0.25) is 4.79 Å². The first-order valence-electron chi connectivity index (χ1n) is 9.39. The smallest absolute Gasteiger partial charge is 0.235 e. The van der Waals surface area contributed by atoms with Crippen LogP contribution < -0.4 is 15.2 Å². The summed E-state index contributed by atoms with van der Waals surface area (Å²) in [7, 11) is 0. The summed E-state index contributed by atoms with van der Waals surface area (Å²) in [5.74, 6) is -1.27. The van der Waals surface area contributed by atoms with Gasteiger partial charge in [0.15, 0.2) is 5.76 Å². The van der Waals surface area contributed by atoms with Gasteiger partial charge in [0, 0.05) is 5.69 Å². The van der Waals surface area contributed by atoms with E-state index in [4.69, 9.17) is 9.47 Å². The summed E-state index contributed by atoms with van der Waals surface area (Å²) in [6.07, 6.45) is 2.45. The van der Waals surface area contributed by atoms with Crippen LogP contribution in [-0.4, -0.2) is 18.4 Å². The van der Waals surface area contributed by atoms with E-state index < -0.39 is 17.3 Å². The van der Waals surface area contributed by atoms with Crippen molar-refractivity contribution in [1.82, 2.24) is 0 Å². The number of allylic oxidation sites excluding steroid dienone is 1. The molecule has 2 aromatic carbocycles. The van der Waals surface area contributed by atoms with Crippen LogP contribution in [0.15, 0.2) is 71.8 Å². The summed E-state index contributed by atoms with van der Waals surface area (Å²) in [5.41, 5.74) is 0.746. The molecule has 0 unspecified atom stereocenters. The Morgan fingerprint density at radius 2 is 1.83 bits per heavy atom. The standard InChI is InChI=1S/C23H23NO5/c1-15(2)12-13-28-18-10-8-16(9-11-18)14-19-21(25)20(23(26)27)22(29-19)24-17-6-4-3-5-7-17/h3-11,14-15,24H,12-13H2,1-2H3,(H,26,27)/p-1/b19-14-. The molecule has 3 rings (SSSR count). The number of hydrogen-bond acceptors (Lipinski definition) is 6. The zero-order valence-corrected chi connectivity index (χ0v) is 16.3. The predicted octanol–water partition coefficient (Wildman–Crippen LogP) is 3.13. The Morgan fingerprint density at radius 3 is 2.45 bits per heavy atom. The largest absolute Gasteiger partial charge is 0.544 e. The van der Waals surface area contributed by atoms with E-state index in [1.165, 1.54) is 6.08 Å². The van der Waals surface area contributed by atoms with E-state index in [0.717, 1.165) is 12.2 Å². The van der Waals surface area contributed by atoms with E-state index in [1.54, 1.807) is 48.5 Å². The number of carbonyl (C=O) groups excluding carboxylic acids is 2. The molecule has 2 aromatic rings. The average Bonchev–Trinajstić information content (AvgIpc) is 2.98. The Morgan fingerprint density at radius 1 is 1.14 bits per heavy atom. The Bertz CT molecular complexity index is 943. The Labute approximate surface area is 169 Å². The highest BCUT2D eigenvalue weighted by Crippen LogP contribution is 2.28. The zero-order chi connectivity index (χ0) is 20.8. The van der Waals surface area contributed by atoms with Gasteiger partial charge in [0.25, 0.3) is 0 Å². The van der Waals surface area contributed by atoms with Crippen molar-refractivity contribution >= 4 is 23.5 Å². The minimum atomic E-state index is -1.59. The van der Waals surface area contributed by atoms with Crippen LogP contribution in [0.5, 0.6) is 5.75 Å². The van der Waals surface area contributed by atoms with Gasteiger partial charge in [-0.2, -0.15) is 0 Å². The van der Waals surface area contributed by atoms with Gasteiger partial charge in [-0.15, -0.1) is 0 Å². The number of nitrogens with one attached hydrogen (secondary N) is 1. The molecule has 0 aliphatic carbocycles. The molecule has 150 valence electrons. The maximum absolute atomic E-state index is 12.5. The second-order valence-corrected chi connectivity index (χ2v) is 7.02. The van der Waals surface area contributed by atoms with Crippen LogP contribution in [0.3, 0.4) is 0 Å². The molecule has 0 radical (unpaired) electrons. The van der Waals surface area contributed by atoms with Crippen LogP contribution in [0.1, 0.15) is 25.8 Å². The van der Waals surface area contributed by atoms with Gasteiger partial charge >= 0.3 is 0 Å². The third kappa shape index (κ3) is 5.25. The molecule has 0 fully saturated rings. The van der Waals surface area contributed by atoms with Crippen LogP contribution in [0, 0.1) is 5.92 Å². The zero-order valence-electron chi connectivity index (χ0n) is 16.3. The summed E-state index contributed by atoms with van der Waals surface area (Å²) in [5, 5.41) is 14.3. The van der Waals surface area contributed by atoms with Gasteiger partial charge < -0.3 is 24.7 Å². The molecule has 0 atom stereocenters. The summed E-state index contributed by atoms with van der Waals surface area (Å²) in [4.78, 5) is 23.9. The van der Waals surface area contributed by atoms with Crippen molar-refractivity contribution in [3.8, 4) is 5.75 Å². The van der Waals surface area contributed by atoms with E-state index in [2.05, 4.69) is 19.2 Å². The fraction of sp³-hybridized carbons (Fsp3) is 0.217. The summed E-state index contributed by atoms with van der Waals surface area (Å²) >= 11 is 0. The minimum Gasteiger partial charge on any atom is -0.544 e. The molecular weight excluding hydrogens is 370 g/mol. The quantitative estimate of drug-likeness (QED) is 0.549. The summed E-state index contributed by atoms with van der Waals surface area (Å²) in [6, 6.07) is 16.0. The highest BCUT2D eigenvalue weighted by atomic mass is 16.5. The summed E-state index contributed by atoms with van der Waals surface area (Å²) < 4.78 is 11.2. The van der Waals surface area contributed by atoms with Crippen LogP contribution in [0.25, 0.3) is 6.08 Å². The van der Waals surface area contributed by atoms with Gasteiger partial charge in [-0.05, 0) is 48.2 Å². The minimum absolute atomic E-state index is 0.0869. The Balaban J connectivity index is 1.73. The topological polar surface area (TPSA) is 87.7 Å². The maximum atomic E-state index is 12.5. The Hall–Kier alpha value is -3.54. The number of ketones is 1. The maximum Gasteiger partial charge on any atom is 0.235 e. The van der Waals surface area contributed by atoms with Crippen molar-refractivity contribution in [3.05, 3.63) is 77.4 Å². The first-order valence-corrected chi connectivity index (χ1v) is 9.39. The number of hydrogen-bond donors (Lipinski definition) is 1. The molecule has 1 aliphatic heterocycles. The lowest BCUT2D eigenvalue weighted by Crippen LogP contribution is -2.28. The van der Waals surface area contributed by atoms with Gasteiger partial charge in [0.2, 0.25) is 11.7 Å². The van der Waals surface area contributed by atoms with Crippen LogP contribution in [-0.2, 0) is 14.3 Å². The lowest BCUT2D eigenvalue weighted by molar-refractivity contribution is -0.298. The highest BCUT2D eigenvalue weighted by molar-refractivity contribution is 6.25. The first kappa shape index (κ1) is 20.2. The lowest BCUT2D eigenvalue weighted by atomic mass is 10.1. The molecule has 1 heterocycles. The van der Waals surface area contributed by atoms with Gasteiger partial charge in [-0.1, -0.05) is 44.2 Å². The molecule has 0 amide bonds. The molecule has 1 aliphatic rings. The predicted molar refractivity (Wildman–Crippen MR) is 108 cm³/mol. The third-order valence-corrected chi connectivity index (χ3v) is 4.27. The van der Waals surface area contributed by atoms with Crippen LogP contribution >= 0.6 is 0 Å². The number of aliphatic carboxylic acids is 1. The van der Waals surface area contributed by atoms with Crippen molar-refractivity contribution in [2.24, 2.45) is 5.92 Å². The molecule has 0 saturated heterocycles. The average molecular weight is 392 g/mol. The highest BCUT2D eigenvalue weighted by Gasteiger charge is 2.31. The van der Waals surface area contributed by atoms with Crippen LogP contribution in [0.2, 0.25) is 0 Å². The molecule has 6 nitrogen and oxygen atoms in total. The van der Waals surface area contributed by atoms with E-state index in [0.29, 0.717) is 23.8 Å². The van der Waals surface area contributed by atoms with Crippen molar-refractivity contribution in [3.63, 3.8) is 0 Å². The lowest BCUT2D eigenvalue weighted by Gasteiger charge is -2.09. The molecule has 0 saturated carbocycles. The number of rotatable bonds is 8. The fourth-order valence-corrected chi connectivity index (χ4v) is 2.68. The van der Waals surface area contributed by atoms with E-state index in [9.17, 15) is 14.7 Å². The number of Topliss-reactive ketones (excluding diaryl/α,β-unsaturated/α-hetero) is 1. The second kappa shape index (κ2) is 9.10. The number of para-hydroxylation sites is 1. The van der Waals surface area contributed by atoms with Crippen molar-refractivity contribution in [2.45, 2.75) is 20.3 Å². The molecule has 29 heavy (non-hydrogen) atoms. The van der Waals surface area contributed by atoms with Crippen molar-refractivity contribution in [1.29, 1.82) is 0 Å². The SMILES string of the molecule is CC(C)CCOc1ccc(/C=C2\OC(Nc3ccccc3)=C(C(=O)[O-])C2=O)cc1. The third-order valence-electron chi connectivity index (χ3n) is 4.27. The number of carboxylic acids is 1. The monoisotopic (exact) mass is 392 g/mol. The van der Waals surface area contributed by atoms with E-state index in [-0.39, 0.29) is 11.6 Å². The molecule has 0 spiro atoms. The molecule has 1 N–H and O–H groups in total. The number of ether oxygens (including phenoxy) is 2. The first-order chi connectivity index (χ1) is 13.9. The van der Waals surface area contributed by atoms with Gasteiger partial charge in [-0.25, -0.2) is 0 Å². The molecular formula is C23H22NO5-. The van der Waals surface area contributed by atoms with Gasteiger partial charge in [0.05, 0.1) is 12.6 Å². The number of benzene rings is 2. The Kier molecular flexibility index (Phi) is 6.34. The normalized spacial score (nSPS) is 15.0. The van der Waals surface area contributed by atoms with E-state index in [1.807, 2.05) is 6.07 Å².